The van der Waals surface area contributed by atoms with E-state index in [0.29, 0.717) is 36.5 Å². The van der Waals surface area contributed by atoms with Crippen molar-refractivity contribution in [3.8, 4) is 11.4 Å². The number of aryl methyl sites for hydroxylation is 1. The van der Waals surface area contributed by atoms with Crippen LogP contribution in [0.5, 0.6) is 0 Å². The first-order valence-corrected chi connectivity index (χ1v) is 11.4. The van der Waals surface area contributed by atoms with Crippen molar-refractivity contribution in [3.05, 3.63) is 76.3 Å². The number of nitrogens with zero attached hydrogens (tertiary/aromatic N) is 3. The van der Waals surface area contributed by atoms with Crippen molar-refractivity contribution in [2.45, 2.75) is 33.2 Å². The number of urea groups is 1. The minimum absolute atomic E-state index is 0.175. The van der Waals surface area contributed by atoms with Gasteiger partial charge in [0.05, 0.1) is 11.6 Å². The Labute approximate surface area is 198 Å². The molecule has 1 N–H and O–H groups in total. The lowest BCUT2D eigenvalue weighted by atomic mass is 9.94. The molecule has 2 aromatic carbocycles. The zero-order valence-corrected chi connectivity index (χ0v) is 19.7. The Balaban J connectivity index is 1.73. The number of nitrogens with one attached hydrogen (secondary N) is 1. The SMILES string of the molecule is CCOCCCN1C(=O)NC(c2ccc(Cl)cc2)C(c2nc(-c3ccc(C)cc3)no2)=C1C. The monoisotopic (exact) mass is 466 g/mol. The number of hydrogen-bond acceptors (Lipinski definition) is 5. The van der Waals surface area contributed by atoms with Crippen LogP contribution in [0.2, 0.25) is 5.02 Å². The second-order valence-corrected chi connectivity index (χ2v) is 8.36. The van der Waals surface area contributed by atoms with Gasteiger partial charge in [-0.2, -0.15) is 4.98 Å². The van der Waals surface area contributed by atoms with Crippen molar-refractivity contribution in [1.29, 1.82) is 0 Å². The summed E-state index contributed by atoms with van der Waals surface area (Å²) < 4.78 is 11.2. The number of aromatic nitrogens is 2. The number of allylic oxidation sites excluding steroid dienone is 1. The van der Waals surface area contributed by atoms with Gasteiger partial charge in [0.1, 0.15) is 0 Å². The Morgan fingerprint density at radius 2 is 1.85 bits per heavy atom. The molecule has 1 unspecified atom stereocenters. The lowest BCUT2D eigenvalue weighted by Crippen LogP contribution is -2.46. The van der Waals surface area contributed by atoms with Gasteiger partial charge in [-0.05, 0) is 44.9 Å². The maximum Gasteiger partial charge on any atom is 0.322 e. The molecule has 0 saturated heterocycles. The van der Waals surface area contributed by atoms with E-state index >= 15 is 0 Å². The smallest absolute Gasteiger partial charge is 0.322 e. The van der Waals surface area contributed by atoms with Crippen LogP contribution < -0.4 is 5.32 Å². The van der Waals surface area contributed by atoms with Crippen molar-refractivity contribution in [2.24, 2.45) is 0 Å². The molecular weight excluding hydrogens is 440 g/mol. The average Bonchev–Trinajstić information content (AvgIpc) is 3.29. The number of hydrogen-bond donors (Lipinski definition) is 1. The fourth-order valence-electron chi connectivity index (χ4n) is 3.85. The van der Waals surface area contributed by atoms with Crippen molar-refractivity contribution >= 4 is 23.2 Å². The zero-order valence-electron chi connectivity index (χ0n) is 19.0. The Morgan fingerprint density at radius 3 is 2.55 bits per heavy atom. The van der Waals surface area contributed by atoms with Gasteiger partial charge in [-0.1, -0.05) is 58.7 Å². The second-order valence-electron chi connectivity index (χ2n) is 7.92. The van der Waals surface area contributed by atoms with E-state index in [4.69, 9.17) is 20.9 Å². The van der Waals surface area contributed by atoms with Gasteiger partial charge in [0, 0.05) is 36.0 Å². The summed E-state index contributed by atoms with van der Waals surface area (Å²) in [6.45, 7) is 7.65. The minimum atomic E-state index is -0.441. The van der Waals surface area contributed by atoms with Crippen LogP contribution in [0.1, 0.15) is 43.3 Å². The predicted molar refractivity (Wildman–Crippen MR) is 128 cm³/mol. The van der Waals surface area contributed by atoms with Crippen molar-refractivity contribution in [2.75, 3.05) is 19.8 Å². The van der Waals surface area contributed by atoms with Crippen molar-refractivity contribution < 1.29 is 14.1 Å². The van der Waals surface area contributed by atoms with E-state index in [1.807, 2.05) is 57.2 Å². The standard InChI is InChI=1S/C25H27ClN4O3/c1-4-32-15-5-14-30-17(3)21(22(27-25(30)31)18-10-12-20(26)13-11-18)24-28-23(29-33-24)19-8-6-16(2)7-9-19/h6-13,22H,4-5,14-15H2,1-3H3,(H,27,31). The average molecular weight is 467 g/mol. The fraction of sp³-hybridized carbons (Fsp3) is 0.320. The molecule has 0 fully saturated rings. The molecule has 1 aromatic heterocycles. The van der Waals surface area contributed by atoms with Crippen LogP contribution in [0.15, 0.2) is 58.8 Å². The van der Waals surface area contributed by atoms with Crippen LogP contribution in [0.4, 0.5) is 4.79 Å². The van der Waals surface area contributed by atoms with Crippen LogP contribution in [-0.4, -0.2) is 40.8 Å². The van der Waals surface area contributed by atoms with Crippen molar-refractivity contribution in [3.63, 3.8) is 0 Å². The fourth-order valence-corrected chi connectivity index (χ4v) is 3.98. The Morgan fingerprint density at radius 1 is 1.12 bits per heavy atom. The lowest BCUT2D eigenvalue weighted by Gasteiger charge is -2.35. The highest BCUT2D eigenvalue weighted by atomic mass is 35.5. The highest BCUT2D eigenvalue weighted by molar-refractivity contribution is 6.30. The number of amides is 2. The number of benzene rings is 2. The van der Waals surface area contributed by atoms with Gasteiger partial charge < -0.3 is 14.6 Å². The first-order chi connectivity index (χ1) is 16.0. The van der Waals surface area contributed by atoms with Crippen LogP contribution >= 0.6 is 11.6 Å². The highest BCUT2D eigenvalue weighted by Crippen LogP contribution is 2.37. The topological polar surface area (TPSA) is 80.5 Å². The molecule has 1 atom stereocenters. The highest BCUT2D eigenvalue weighted by Gasteiger charge is 2.35. The predicted octanol–water partition coefficient (Wildman–Crippen LogP) is 5.62. The van der Waals surface area contributed by atoms with Crippen LogP contribution in [-0.2, 0) is 4.74 Å². The largest absolute Gasteiger partial charge is 0.382 e. The number of carbonyl (C=O) groups excluding carboxylic acids is 1. The third-order valence-electron chi connectivity index (χ3n) is 5.64. The Hall–Kier alpha value is -3.16. The molecule has 33 heavy (non-hydrogen) atoms. The molecule has 0 spiro atoms. The quantitative estimate of drug-likeness (QED) is 0.435. The zero-order chi connectivity index (χ0) is 23.4. The van der Waals surface area contributed by atoms with Crippen LogP contribution in [0, 0.1) is 6.92 Å². The van der Waals surface area contributed by atoms with Gasteiger partial charge in [-0.15, -0.1) is 0 Å². The summed E-state index contributed by atoms with van der Waals surface area (Å²) in [5, 5.41) is 7.93. The van der Waals surface area contributed by atoms with Gasteiger partial charge in [0.25, 0.3) is 5.89 Å². The third-order valence-corrected chi connectivity index (χ3v) is 5.89. The first-order valence-electron chi connectivity index (χ1n) is 11.0. The van der Waals surface area contributed by atoms with Crippen LogP contribution in [0.25, 0.3) is 17.0 Å². The third kappa shape index (κ3) is 5.10. The summed E-state index contributed by atoms with van der Waals surface area (Å²) in [6.07, 6.45) is 0.718. The van der Waals surface area contributed by atoms with Gasteiger partial charge in [0.15, 0.2) is 0 Å². The number of halogens is 1. The molecule has 0 radical (unpaired) electrons. The van der Waals surface area contributed by atoms with E-state index in [9.17, 15) is 4.79 Å². The molecule has 7 nitrogen and oxygen atoms in total. The minimum Gasteiger partial charge on any atom is -0.382 e. The molecule has 8 heteroatoms. The lowest BCUT2D eigenvalue weighted by molar-refractivity contribution is 0.136. The molecule has 0 saturated carbocycles. The molecule has 1 aliphatic heterocycles. The van der Waals surface area contributed by atoms with E-state index < -0.39 is 6.04 Å². The molecular formula is C25H27ClN4O3. The van der Waals surface area contributed by atoms with Crippen molar-refractivity contribution in [1.82, 2.24) is 20.4 Å². The van der Waals surface area contributed by atoms with Crippen LogP contribution in [0.3, 0.4) is 0 Å². The summed E-state index contributed by atoms with van der Waals surface area (Å²) >= 11 is 6.09. The summed E-state index contributed by atoms with van der Waals surface area (Å²) in [6, 6.07) is 14.7. The summed E-state index contributed by atoms with van der Waals surface area (Å²) in [5.41, 5.74) is 4.44. The number of carbonyl (C=O) groups is 1. The molecule has 0 aliphatic carbocycles. The summed E-state index contributed by atoms with van der Waals surface area (Å²) in [4.78, 5) is 19.4. The van der Waals surface area contributed by atoms with E-state index in [1.165, 1.54) is 0 Å². The second kappa shape index (κ2) is 10.2. The summed E-state index contributed by atoms with van der Waals surface area (Å²) in [7, 11) is 0. The van der Waals surface area contributed by atoms with Gasteiger partial charge in [0.2, 0.25) is 5.82 Å². The normalized spacial score (nSPS) is 16.3. The molecule has 4 rings (SSSR count). The van der Waals surface area contributed by atoms with Gasteiger partial charge in [-0.25, -0.2) is 4.79 Å². The van der Waals surface area contributed by atoms with E-state index in [-0.39, 0.29) is 6.03 Å². The molecule has 3 aromatic rings. The Bertz CT molecular complexity index is 1140. The van der Waals surface area contributed by atoms with Gasteiger partial charge in [-0.3, -0.25) is 4.90 Å². The van der Waals surface area contributed by atoms with Gasteiger partial charge >= 0.3 is 6.03 Å². The first kappa shape index (κ1) is 23.0. The Kier molecular flexibility index (Phi) is 7.11. The van der Waals surface area contributed by atoms with E-state index in [0.717, 1.165) is 34.4 Å². The molecule has 172 valence electrons. The number of ether oxygens (including phenoxy) is 1. The maximum absolute atomic E-state index is 13.0. The molecule has 0 bridgehead atoms. The maximum atomic E-state index is 13.0. The summed E-state index contributed by atoms with van der Waals surface area (Å²) in [5.74, 6) is 0.873. The van der Waals surface area contributed by atoms with E-state index in [2.05, 4.69) is 15.5 Å². The number of rotatable bonds is 8. The molecule has 2 amide bonds. The van der Waals surface area contributed by atoms with E-state index in [1.54, 1.807) is 17.0 Å². The molecule has 2 heterocycles. The molecule has 1 aliphatic rings.